The zero-order valence-electron chi connectivity index (χ0n) is 9.81. The molecule has 0 bridgehead atoms. The zero-order chi connectivity index (χ0) is 12.1. The number of rotatable bonds is 4. The average Bonchev–Trinajstić information content (AvgIpc) is 2.39. The summed E-state index contributed by atoms with van der Waals surface area (Å²) in [6.07, 6.45) is 0. The Bertz CT molecular complexity index is 488. The van der Waals surface area contributed by atoms with E-state index in [-0.39, 0.29) is 5.78 Å². The third kappa shape index (κ3) is 3.18. The lowest BCUT2D eigenvalue weighted by Gasteiger charge is -2.05. The van der Waals surface area contributed by atoms with Crippen molar-refractivity contribution in [1.82, 2.24) is 0 Å². The molecule has 0 atom stereocenters. The van der Waals surface area contributed by atoms with Crippen molar-refractivity contribution in [2.24, 2.45) is 0 Å². The molecule has 2 aromatic rings. The molecule has 17 heavy (non-hydrogen) atoms. The molecule has 2 aromatic carbocycles. The average molecular weight is 225 g/mol. The fourth-order valence-corrected chi connectivity index (χ4v) is 1.58. The van der Waals surface area contributed by atoms with Gasteiger partial charge < -0.3 is 5.32 Å². The molecule has 2 nitrogen and oxygen atoms in total. The van der Waals surface area contributed by atoms with Gasteiger partial charge in [0.2, 0.25) is 0 Å². The van der Waals surface area contributed by atoms with Gasteiger partial charge in [-0.1, -0.05) is 48.0 Å². The van der Waals surface area contributed by atoms with Gasteiger partial charge in [0.25, 0.3) is 0 Å². The first-order valence-electron chi connectivity index (χ1n) is 5.64. The molecule has 0 heterocycles. The molecule has 2 rings (SSSR count). The van der Waals surface area contributed by atoms with Gasteiger partial charge in [-0.2, -0.15) is 0 Å². The van der Waals surface area contributed by atoms with Crippen LogP contribution < -0.4 is 5.32 Å². The predicted molar refractivity (Wildman–Crippen MR) is 70.4 cm³/mol. The largest absolute Gasteiger partial charge is 0.378 e. The van der Waals surface area contributed by atoms with E-state index in [9.17, 15) is 4.79 Å². The van der Waals surface area contributed by atoms with Gasteiger partial charge in [0.1, 0.15) is 0 Å². The topological polar surface area (TPSA) is 29.1 Å². The molecule has 0 spiro atoms. The Balaban J connectivity index is 1.95. The van der Waals surface area contributed by atoms with Crippen LogP contribution in [0, 0.1) is 6.92 Å². The van der Waals surface area contributed by atoms with E-state index in [0.717, 1.165) is 11.3 Å². The van der Waals surface area contributed by atoms with Crippen LogP contribution >= 0.6 is 0 Å². The van der Waals surface area contributed by atoms with Gasteiger partial charge in [0.15, 0.2) is 5.78 Å². The summed E-state index contributed by atoms with van der Waals surface area (Å²) in [6.45, 7) is 2.37. The minimum Gasteiger partial charge on any atom is -0.378 e. The fourth-order valence-electron chi connectivity index (χ4n) is 1.58. The summed E-state index contributed by atoms with van der Waals surface area (Å²) >= 11 is 0. The molecule has 0 saturated carbocycles. The van der Waals surface area contributed by atoms with Crippen LogP contribution in [-0.4, -0.2) is 12.3 Å². The molecule has 0 aliphatic rings. The van der Waals surface area contributed by atoms with Gasteiger partial charge >= 0.3 is 0 Å². The molecular formula is C15H15NO. The molecule has 86 valence electrons. The quantitative estimate of drug-likeness (QED) is 0.809. The third-order valence-electron chi connectivity index (χ3n) is 2.60. The number of aryl methyl sites for hydroxylation is 1. The van der Waals surface area contributed by atoms with Gasteiger partial charge in [-0.25, -0.2) is 0 Å². The summed E-state index contributed by atoms with van der Waals surface area (Å²) in [5.74, 6) is 0.103. The highest BCUT2D eigenvalue weighted by atomic mass is 16.1. The zero-order valence-corrected chi connectivity index (χ0v) is 9.81. The van der Waals surface area contributed by atoms with Crippen molar-refractivity contribution in [2.45, 2.75) is 6.92 Å². The smallest absolute Gasteiger partial charge is 0.181 e. The molecular weight excluding hydrogens is 210 g/mol. The molecule has 0 aliphatic carbocycles. The Morgan fingerprint density at radius 1 is 1.00 bits per heavy atom. The summed E-state index contributed by atoms with van der Waals surface area (Å²) in [4.78, 5) is 11.8. The Hall–Kier alpha value is -2.09. The Kier molecular flexibility index (Phi) is 3.55. The van der Waals surface area contributed by atoms with Crippen molar-refractivity contribution in [3.8, 4) is 0 Å². The lowest BCUT2D eigenvalue weighted by molar-refractivity contribution is 0.101. The first-order valence-corrected chi connectivity index (χ1v) is 5.64. The van der Waals surface area contributed by atoms with Crippen LogP contribution in [0.15, 0.2) is 54.6 Å². The molecule has 0 amide bonds. The van der Waals surface area contributed by atoms with E-state index in [1.165, 1.54) is 5.56 Å². The molecule has 0 saturated heterocycles. The number of ketones is 1. The van der Waals surface area contributed by atoms with E-state index in [1.54, 1.807) is 0 Å². The predicted octanol–water partition coefficient (Wildman–Crippen LogP) is 3.29. The lowest BCUT2D eigenvalue weighted by Crippen LogP contribution is -2.13. The van der Waals surface area contributed by atoms with E-state index >= 15 is 0 Å². The maximum absolute atomic E-state index is 11.8. The van der Waals surface area contributed by atoms with E-state index in [4.69, 9.17) is 0 Å². The van der Waals surface area contributed by atoms with Crippen molar-refractivity contribution >= 4 is 11.5 Å². The van der Waals surface area contributed by atoms with Crippen LogP contribution in [0.3, 0.4) is 0 Å². The molecule has 0 unspecified atom stereocenters. The van der Waals surface area contributed by atoms with Crippen LogP contribution in [0.5, 0.6) is 0 Å². The highest BCUT2D eigenvalue weighted by molar-refractivity contribution is 5.98. The van der Waals surface area contributed by atoms with Crippen LogP contribution in [-0.2, 0) is 0 Å². The summed E-state index contributed by atoms with van der Waals surface area (Å²) in [7, 11) is 0. The Morgan fingerprint density at radius 3 is 2.29 bits per heavy atom. The summed E-state index contributed by atoms with van der Waals surface area (Å²) in [5.41, 5.74) is 2.93. The van der Waals surface area contributed by atoms with Gasteiger partial charge in [-0.3, -0.25) is 4.79 Å². The second-order valence-electron chi connectivity index (χ2n) is 4.01. The maximum Gasteiger partial charge on any atom is 0.181 e. The number of Topliss-reactive ketones (excluding diaryl/α,β-unsaturated/α-hetero) is 1. The minimum atomic E-state index is 0.103. The number of carbonyl (C=O) groups excluding carboxylic acids is 1. The van der Waals surface area contributed by atoms with Gasteiger partial charge in [0, 0.05) is 11.3 Å². The first kappa shape index (κ1) is 11.4. The van der Waals surface area contributed by atoms with Crippen molar-refractivity contribution < 1.29 is 4.79 Å². The van der Waals surface area contributed by atoms with Crippen LogP contribution in [0.1, 0.15) is 15.9 Å². The molecule has 0 fully saturated rings. The lowest BCUT2D eigenvalue weighted by atomic mass is 10.1. The monoisotopic (exact) mass is 225 g/mol. The second kappa shape index (κ2) is 5.30. The molecule has 1 N–H and O–H groups in total. The van der Waals surface area contributed by atoms with Crippen LogP contribution in [0.4, 0.5) is 5.69 Å². The molecule has 0 aliphatic heterocycles. The van der Waals surface area contributed by atoms with E-state index in [1.807, 2.05) is 61.5 Å². The number of nitrogens with one attached hydrogen (secondary N) is 1. The number of benzene rings is 2. The standard InChI is InChI=1S/C15H15NO/c1-12-7-9-14(10-8-12)16-11-15(17)13-5-3-2-4-6-13/h2-10,16H,11H2,1H3. The third-order valence-corrected chi connectivity index (χ3v) is 2.60. The van der Waals surface area contributed by atoms with Crippen LogP contribution in [0.25, 0.3) is 0 Å². The number of anilines is 1. The molecule has 2 heteroatoms. The molecule has 0 radical (unpaired) electrons. The van der Waals surface area contributed by atoms with Crippen molar-refractivity contribution in [3.05, 3.63) is 65.7 Å². The summed E-state index contributed by atoms with van der Waals surface area (Å²) in [6, 6.07) is 17.3. The number of carbonyl (C=O) groups is 1. The van der Waals surface area contributed by atoms with E-state index in [2.05, 4.69) is 5.32 Å². The van der Waals surface area contributed by atoms with E-state index < -0.39 is 0 Å². The van der Waals surface area contributed by atoms with Crippen molar-refractivity contribution in [1.29, 1.82) is 0 Å². The highest BCUT2D eigenvalue weighted by Crippen LogP contribution is 2.09. The van der Waals surface area contributed by atoms with E-state index in [0.29, 0.717) is 6.54 Å². The van der Waals surface area contributed by atoms with Crippen molar-refractivity contribution in [3.63, 3.8) is 0 Å². The number of hydrogen-bond donors (Lipinski definition) is 1. The van der Waals surface area contributed by atoms with Crippen molar-refractivity contribution in [2.75, 3.05) is 11.9 Å². The maximum atomic E-state index is 11.8. The van der Waals surface area contributed by atoms with Gasteiger partial charge in [-0.05, 0) is 19.1 Å². The Morgan fingerprint density at radius 2 is 1.65 bits per heavy atom. The summed E-state index contributed by atoms with van der Waals surface area (Å²) in [5, 5.41) is 3.12. The molecule has 0 aromatic heterocycles. The van der Waals surface area contributed by atoms with Crippen LogP contribution in [0.2, 0.25) is 0 Å². The summed E-state index contributed by atoms with van der Waals surface area (Å²) < 4.78 is 0. The van der Waals surface area contributed by atoms with Gasteiger partial charge in [0.05, 0.1) is 6.54 Å². The Labute approximate surface area is 101 Å². The van der Waals surface area contributed by atoms with Gasteiger partial charge in [-0.15, -0.1) is 0 Å². The normalized spacial score (nSPS) is 9.94. The SMILES string of the molecule is Cc1ccc(NCC(=O)c2ccccc2)cc1. The minimum absolute atomic E-state index is 0.103. The number of hydrogen-bond acceptors (Lipinski definition) is 2. The second-order valence-corrected chi connectivity index (χ2v) is 4.01. The first-order chi connectivity index (χ1) is 8.25. The highest BCUT2D eigenvalue weighted by Gasteiger charge is 2.03. The fraction of sp³-hybridized carbons (Fsp3) is 0.133.